The lowest BCUT2D eigenvalue weighted by molar-refractivity contribution is 0.243. The van der Waals surface area contributed by atoms with Gasteiger partial charge in [0.15, 0.2) is 0 Å². The number of nitrogens with zero attached hydrogens (tertiary/aromatic N) is 2. The first-order valence-electron chi connectivity index (χ1n) is 7.26. The summed E-state index contributed by atoms with van der Waals surface area (Å²) in [5.74, 6) is 0.254. The summed E-state index contributed by atoms with van der Waals surface area (Å²) in [6, 6.07) is 13.8. The Hall–Kier alpha value is -2.10. The van der Waals surface area contributed by atoms with E-state index in [2.05, 4.69) is 16.0 Å². The van der Waals surface area contributed by atoms with Crippen LogP contribution in [-0.4, -0.2) is 15.0 Å². The lowest BCUT2D eigenvalue weighted by Gasteiger charge is -2.29. The molecule has 0 atom stereocenters. The number of phenols is 1. The van der Waals surface area contributed by atoms with Gasteiger partial charge in [-0.15, -0.1) is 0 Å². The van der Waals surface area contributed by atoms with Crippen molar-refractivity contribution >= 4 is 22.5 Å². The Morgan fingerprint density at radius 2 is 1.91 bits per heavy atom. The Morgan fingerprint density at radius 1 is 1.09 bits per heavy atom. The number of hydrogen-bond donors (Lipinski definition) is 1. The SMILES string of the molecule is Oc1ccc2c3c(ccnc13)CN(Cc1cccc(Cl)c1)C2. The van der Waals surface area contributed by atoms with Crippen LogP contribution >= 0.6 is 11.6 Å². The van der Waals surface area contributed by atoms with Gasteiger partial charge in [-0.2, -0.15) is 0 Å². The van der Waals surface area contributed by atoms with Crippen LogP contribution in [0.3, 0.4) is 0 Å². The summed E-state index contributed by atoms with van der Waals surface area (Å²) in [6.07, 6.45) is 1.77. The third-order valence-electron chi connectivity index (χ3n) is 4.13. The van der Waals surface area contributed by atoms with Gasteiger partial charge in [0.2, 0.25) is 0 Å². The van der Waals surface area contributed by atoms with Crippen molar-refractivity contribution in [1.29, 1.82) is 0 Å². The Labute approximate surface area is 133 Å². The number of aromatic hydroxyl groups is 1. The zero-order valence-corrected chi connectivity index (χ0v) is 12.7. The molecule has 22 heavy (non-hydrogen) atoms. The van der Waals surface area contributed by atoms with Gasteiger partial charge in [-0.25, -0.2) is 0 Å². The van der Waals surface area contributed by atoms with Gasteiger partial charge < -0.3 is 5.11 Å². The number of aromatic nitrogens is 1. The van der Waals surface area contributed by atoms with Crippen LogP contribution in [0, 0.1) is 0 Å². The summed E-state index contributed by atoms with van der Waals surface area (Å²) in [7, 11) is 0. The Kier molecular flexibility index (Phi) is 3.25. The molecule has 2 heterocycles. The lowest BCUT2D eigenvalue weighted by Crippen LogP contribution is -2.26. The Morgan fingerprint density at radius 3 is 2.73 bits per heavy atom. The highest BCUT2D eigenvalue weighted by Crippen LogP contribution is 2.33. The van der Waals surface area contributed by atoms with Gasteiger partial charge in [-0.3, -0.25) is 9.88 Å². The van der Waals surface area contributed by atoms with Gasteiger partial charge in [-0.1, -0.05) is 29.8 Å². The van der Waals surface area contributed by atoms with Crippen molar-refractivity contribution in [3.05, 3.63) is 70.4 Å². The molecule has 0 bridgehead atoms. The predicted octanol–water partition coefficient (Wildman–Crippen LogP) is 4.11. The van der Waals surface area contributed by atoms with Crippen LogP contribution in [-0.2, 0) is 19.6 Å². The highest BCUT2D eigenvalue weighted by Gasteiger charge is 2.20. The van der Waals surface area contributed by atoms with Crippen molar-refractivity contribution < 1.29 is 5.11 Å². The molecular formula is C18H15ClN2O. The monoisotopic (exact) mass is 310 g/mol. The summed E-state index contributed by atoms with van der Waals surface area (Å²) in [5, 5.41) is 11.9. The van der Waals surface area contributed by atoms with Crippen LogP contribution in [0.25, 0.3) is 10.9 Å². The molecule has 0 aliphatic carbocycles. The number of hydrogen-bond acceptors (Lipinski definition) is 3. The zero-order chi connectivity index (χ0) is 15.1. The highest BCUT2D eigenvalue weighted by molar-refractivity contribution is 6.30. The lowest BCUT2D eigenvalue weighted by atomic mass is 9.97. The Balaban J connectivity index is 1.69. The molecule has 0 saturated heterocycles. The van der Waals surface area contributed by atoms with Gasteiger partial charge in [0, 0.05) is 36.2 Å². The van der Waals surface area contributed by atoms with Gasteiger partial charge in [0.1, 0.15) is 11.3 Å². The maximum Gasteiger partial charge on any atom is 0.141 e. The van der Waals surface area contributed by atoms with E-state index in [0.29, 0.717) is 5.52 Å². The highest BCUT2D eigenvalue weighted by atomic mass is 35.5. The standard InChI is InChI=1S/C18H15ClN2O/c19-15-3-1-2-12(8-15)9-21-10-13-4-5-16(22)18-17(13)14(11-21)6-7-20-18/h1-8,22H,9-11H2. The second-order valence-corrected chi connectivity index (χ2v) is 6.15. The summed E-state index contributed by atoms with van der Waals surface area (Å²) >= 11 is 6.07. The molecule has 1 aliphatic rings. The van der Waals surface area contributed by atoms with Crippen molar-refractivity contribution in [3.63, 3.8) is 0 Å². The largest absolute Gasteiger partial charge is 0.506 e. The molecule has 0 saturated carbocycles. The predicted molar refractivity (Wildman–Crippen MR) is 87.8 cm³/mol. The van der Waals surface area contributed by atoms with E-state index < -0.39 is 0 Å². The van der Waals surface area contributed by atoms with E-state index in [-0.39, 0.29) is 5.75 Å². The molecule has 0 fully saturated rings. The summed E-state index contributed by atoms with van der Waals surface area (Å²) in [4.78, 5) is 6.69. The molecule has 0 unspecified atom stereocenters. The molecule has 0 amide bonds. The van der Waals surface area contributed by atoms with E-state index in [1.807, 2.05) is 30.3 Å². The first kappa shape index (κ1) is 13.6. The number of rotatable bonds is 2. The van der Waals surface area contributed by atoms with Crippen LogP contribution in [0.2, 0.25) is 5.02 Å². The summed E-state index contributed by atoms with van der Waals surface area (Å²) < 4.78 is 0. The van der Waals surface area contributed by atoms with Gasteiger partial charge in [0.25, 0.3) is 0 Å². The minimum Gasteiger partial charge on any atom is -0.506 e. The number of phenolic OH excluding ortho intramolecular Hbond substituents is 1. The molecule has 110 valence electrons. The second kappa shape index (κ2) is 5.27. The van der Waals surface area contributed by atoms with Gasteiger partial charge in [0.05, 0.1) is 0 Å². The van der Waals surface area contributed by atoms with Crippen LogP contribution < -0.4 is 0 Å². The third kappa shape index (κ3) is 2.32. The van der Waals surface area contributed by atoms with Crippen molar-refractivity contribution in [2.24, 2.45) is 0 Å². The third-order valence-corrected chi connectivity index (χ3v) is 4.36. The minimum absolute atomic E-state index is 0.254. The zero-order valence-electron chi connectivity index (χ0n) is 12.0. The number of benzene rings is 2. The van der Waals surface area contributed by atoms with E-state index in [9.17, 15) is 5.11 Å². The van der Waals surface area contributed by atoms with Gasteiger partial charge >= 0.3 is 0 Å². The molecule has 0 spiro atoms. The van der Waals surface area contributed by atoms with E-state index >= 15 is 0 Å². The second-order valence-electron chi connectivity index (χ2n) is 5.71. The van der Waals surface area contributed by atoms with Crippen LogP contribution in [0.5, 0.6) is 5.75 Å². The fourth-order valence-electron chi connectivity index (χ4n) is 3.20. The fraction of sp³-hybridized carbons (Fsp3) is 0.167. The maximum absolute atomic E-state index is 9.98. The molecule has 4 rings (SSSR count). The number of pyridine rings is 1. The van der Waals surface area contributed by atoms with Crippen molar-refractivity contribution in [3.8, 4) is 5.75 Å². The van der Waals surface area contributed by atoms with Gasteiger partial charge in [-0.05, 0) is 41.0 Å². The minimum atomic E-state index is 0.254. The molecular weight excluding hydrogens is 296 g/mol. The number of halogens is 1. The van der Waals surface area contributed by atoms with E-state index in [4.69, 9.17) is 11.6 Å². The molecule has 1 aromatic heterocycles. The quantitative estimate of drug-likeness (QED) is 0.774. The average molecular weight is 311 g/mol. The summed E-state index contributed by atoms with van der Waals surface area (Å²) in [5.41, 5.74) is 4.34. The molecule has 1 aliphatic heterocycles. The molecule has 3 nitrogen and oxygen atoms in total. The van der Waals surface area contributed by atoms with Crippen LogP contribution in [0.1, 0.15) is 16.7 Å². The van der Waals surface area contributed by atoms with Crippen molar-refractivity contribution in [2.45, 2.75) is 19.6 Å². The fourth-order valence-corrected chi connectivity index (χ4v) is 3.42. The maximum atomic E-state index is 9.98. The van der Waals surface area contributed by atoms with Crippen LogP contribution in [0.15, 0.2) is 48.7 Å². The normalized spacial score (nSPS) is 14.4. The summed E-state index contributed by atoms with van der Waals surface area (Å²) in [6.45, 7) is 2.55. The van der Waals surface area contributed by atoms with E-state index in [1.165, 1.54) is 16.7 Å². The molecule has 3 aromatic rings. The smallest absolute Gasteiger partial charge is 0.141 e. The van der Waals surface area contributed by atoms with E-state index in [1.54, 1.807) is 12.3 Å². The Bertz CT molecular complexity index is 851. The van der Waals surface area contributed by atoms with Crippen molar-refractivity contribution in [2.75, 3.05) is 0 Å². The molecule has 4 heteroatoms. The first-order valence-corrected chi connectivity index (χ1v) is 7.64. The van der Waals surface area contributed by atoms with Crippen molar-refractivity contribution in [1.82, 2.24) is 9.88 Å². The van der Waals surface area contributed by atoms with Crippen LogP contribution in [0.4, 0.5) is 0 Å². The first-order chi connectivity index (χ1) is 10.7. The molecule has 2 aromatic carbocycles. The van der Waals surface area contributed by atoms with E-state index in [0.717, 1.165) is 30.0 Å². The molecule has 0 radical (unpaired) electrons. The average Bonchev–Trinajstić information content (AvgIpc) is 2.51. The molecule has 1 N–H and O–H groups in total. The topological polar surface area (TPSA) is 36.4 Å².